The Balaban J connectivity index is 2.37. The zero-order valence-corrected chi connectivity index (χ0v) is 10.6. The molecule has 0 aliphatic heterocycles. The first-order chi connectivity index (χ1) is 9.39. The molecule has 0 radical (unpaired) electrons. The summed E-state index contributed by atoms with van der Waals surface area (Å²) in [7, 11) is 0. The Labute approximate surface area is 114 Å². The summed E-state index contributed by atoms with van der Waals surface area (Å²) >= 11 is 0. The monoisotopic (exact) mass is 282 g/mol. The first kappa shape index (κ1) is 14.4. The third-order valence-electron chi connectivity index (χ3n) is 3.13. The molecule has 0 spiro atoms. The van der Waals surface area contributed by atoms with Crippen LogP contribution >= 0.6 is 0 Å². The average Bonchev–Trinajstić information content (AvgIpc) is 2.40. The first-order valence-corrected chi connectivity index (χ1v) is 6.19. The van der Waals surface area contributed by atoms with Crippen LogP contribution in [-0.4, -0.2) is 17.1 Å². The number of benzene rings is 1. The highest BCUT2D eigenvalue weighted by Gasteiger charge is 2.42. The van der Waals surface area contributed by atoms with Crippen molar-refractivity contribution in [1.29, 1.82) is 0 Å². The van der Waals surface area contributed by atoms with Crippen molar-refractivity contribution in [3.63, 3.8) is 0 Å². The molecule has 1 aliphatic carbocycles. The molecule has 106 valence electrons. The van der Waals surface area contributed by atoms with Crippen LogP contribution in [0.4, 0.5) is 13.2 Å². The van der Waals surface area contributed by atoms with E-state index in [4.69, 9.17) is 0 Å². The number of halogens is 3. The van der Waals surface area contributed by atoms with E-state index >= 15 is 0 Å². The van der Waals surface area contributed by atoms with Crippen LogP contribution in [0.1, 0.15) is 24.8 Å². The molecule has 0 saturated carbocycles. The number of carbonyl (C=O) groups is 1. The number of Topliss-reactive ketones (excluding diaryl/α,β-unsaturated/α-hetero) is 1. The maximum absolute atomic E-state index is 12.4. The highest BCUT2D eigenvalue weighted by Crippen LogP contribution is 2.33. The Hall–Kier alpha value is -2.04. The van der Waals surface area contributed by atoms with Crippen LogP contribution in [0.25, 0.3) is 6.08 Å². The quantitative estimate of drug-likeness (QED) is 0.882. The summed E-state index contributed by atoms with van der Waals surface area (Å²) in [5, 5.41) is 9.91. The predicted molar refractivity (Wildman–Crippen MR) is 69.0 cm³/mol. The standard InChI is InChI=1S/C15H13F3O2/c16-15(17,18)14(20)12-8-4-7-11(13(12)19)9-10-5-2-1-3-6-10/h1-3,5-6,9,19H,4,7-8H2/b11-9-. The molecule has 0 saturated heterocycles. The second-order valence-corrected chi connectivity index (χ2v) is 4.59. The Kier molecular flexibility index (Phi) is 3.97. The molecule has 0 heterocycles. The van der Waals surface area contributed by atoms with E-state index in [1.807, 2.05) is 6.07 Å². The summed E-state index contributed by atoms with van der Waals surface area (Å²) in [5.41, 5.74) is 0.607. The second kappa shape index (κ2) is 5.53. The predicted octanol–water partition coefficient (Wildman–Crippen LogP) is 4.20. The summed E-state index contributed by atoms with van der Waals surface area (Å²) < 4.78 is 37.3. The molecule has 0 aromatic heterocycles. The molecular formula is C15H13F3O2. The maximum atomic E-state index is 12.4. The Morgan fingerprint density at radius 2 is 1.80 bits per heavy atom. The molecule has 0 amide bonds. The van der Waals surface area contributed by atoms with Crippen molar-refractivity contribution in [2.45, 2.75) is 25.4 Å². The van der Waals surface area contributed by atoms with Gasteiger partial charge < -0.3 is 5.11 Å². The van der Waals surface area contributed by atoms with Crippen molar-refractivity contribution in [3.05, 3.63) is 52.8 Å². The number of allylic oxidation sites excluding steroid dienone is 2. The van der Waals surface area contributed by atoms with E-state index in [0.29, 0.717) is 18.4 Å². The molecule has 2 rings (SSSR count). The lowest BCUT2D eigenvalue weighted by molar-refractivity contribution is -0.167. The Morgan fingerprint density at radius 1 is 1.15 bits per heavy atom. The third kappa shape index (κ3) is 3.10. The van der Waals surface area contributed by atoms with E-state index in [1.165, 1.54) is 0 Å². The van der Waals surface area contributed by atoms with Gasteiger partial charge in [0, 0.05) is 5.57 Å². The van der Waals surface area contributed by atoms with Gasteiger partial charge in [-0.1, -0.05) is 30.3 Å². The molecule has 1 aliphatic rings. The highest BCUT2D eigenvalue weighted by molar-refractivity contribution is 6.00. The normalized spacial score (nSPS) is 18.4. The second-order valence-electron chi connectivity index (χ2n) is 4.59. The lowest BCUT2D eigenvalue weighted by Gasteiger charge is -2.19. The summed E-state index contributed by atoms with van der Waals surface area (Å²) in [6.07, 6.45) is -2.51. The first-order valence-electron chi connectivity index (χ1n) is 6.19. The molecule has 0 unspecified atom stereocenters. The fourth-order valence-electron chi connectivity index (χ4n) is 2.17. The molecule has 0 atom stereocenters. The number of ketones is 1. The number of alkyl halides is 3. The minimum atomic E-state index is -4.95. The van der Waals surface area contributed by atoms with Gasteiger partial charge in [0.05, 0.1) is 0 Å². The number of aliphatic hydroxyl groups excluding tert-OH is 1. The molecule has 0 fully saturated rings. The van der Waals surface area contributed by atoms with E-state index in [2.05, 4.69) is 0 Å². The molecule has 2 nitrogen and oxygen atoms in total. The fourth-order valence-corrected chi connectivity index (χ4v) is 2.17. The number of carbonyl (C=O) groups excluding carboxylic acids is 1. The van der Waals surface area contributed by atoms with Gasteiger partial charge in [-0.2, -0.15) is 13.2 Å². The molecule has 1 N–H and O–H groups in total. The zero-order valence-electron chi connectivity index (χ0n) is 10.6. The SMILES string of the molecule is O=C(C1=C(O)/C(=C\c2ccccc2)CCC1)C(F)(F)F. The van der Waals surface area contributed by atoms with E-state index in [0.717, 1.165) is 5.56 Å². The van der Waals surface area contributed by atoms with Gasteiger partial charge in [-0.05, 0) is 36.5 Å². The van der Waals surface area contributed by atoms with Gasteiger partial charge in [-0.25, -0.2) is 0 Å². The lowest BCUT2D eigenvalue weighted by Crippen LogP contribution is -2.27. The minimum absolute atomic E-state index is 0.0453. The summed E-state index contributed by atoms with van der Waals surface area (Å²) in [6, 6.07) is 8.95. The van der Waals surface area contributed by atoms with Crippen molar-refractivity contribution in [1.82, 2.24) is 0 Å². The van der Waals surface area contributed by atoms with Crippen molar-refractivity contribution in [2.75, 3.05) is 0 Å². The van der Waals surface area contributed by atoms with E-state index in [-0.39, 0.29) is 6.42 Å². The Morgan fingerprint density at radius 3 is 2.40 bits per heavy atom. The number of hydrogen-bond acceptors (Lipinski definition) is 2. The summed E-state index contributed by atoms with van der Waals surface area (Å²) in [5.74, 6) is -2.48. The van der Waals surface area contributed by atoms with Crippen molar-refractivity contribution >= 4 is 11.9 Å². The Bertz CT molecular complexity index is 569. The van der Waals surface area contributed by atoms with Crippen LogP contribution in [-0.2, 0) is 4.79 Å². The lowest BCUT2D eigenvalue weighted by atomic mass is 9.89. The van der Waals surface area contributed by atoms with Crippen LogP contribution in [0.5, 0.6) is 0 Å². The zero-order chi connectivity index (χ0) is 14.8. The van der Waals surface area contributed by atoms with Gasteiger partial charge in [-0.3, -0.25) is 4.79 Å². The molecular weight excluding hydrogens is 269 g/mol. The van der Waals surface area contributed by atoms with Crippen molar-refractivity contribution < 1.29 is 23.1 Å². The van der Waals surface area contributed by atoms with Gasteiger partial charge in [0.2, 0.25) is 0 Å². The van der Waals surface area contributed by atoms with Crippen molar-refractivity contribution in [3.8, 4) is 0 Å². The number of hydrogen-bond donors (Lipinski definition) is 1. The van der Waals surface area contributed by atoms with Crippen LogP contribution in [0.3, 0.4) is 0 Å². The molecule has 0 bridgehead atoms. The molecule has 5 heteroatoms. The molecule has 20 heavy (non-hydrogen) atoms. The fraction of sp³-hybridized carbons (Fsp3) is 0.267. The van der Waals surface area contributed by atoms with Crippen LogP contribution in [0.15, 0.2) is 47.2 Å². The minimum Gasteiger partial charge on any atom is -0.507 e. The van der Waals surface area contributed by atoms with Gasteiger partial charge in [0.1, 0.15) is 5.76 Å². The number of rotatable bonds is 2. The highest BCUT2D eigenvalue weighted by atomic mass is 19.4. The van der Waals surface area contributed by atoms with Gasteiger partial charge >= 0.3 is 6.18 Å². The average molecular weight is 282 g/mol. The smallest absolute Gasteiger partial charge is 0.454 e. The molecule has 1 aromatic rings. The van der Waals surface area contributed by atoms with Crippen LogP contribution in [0, 0.1) is 0 Å². The largest absolute Gasteiger partial charge is 0.507 e. The summed E-state index contributed by atoms with van der Waals surface area (Å²) in [4.78, 5) is 11.3. The third-order valence-corrected chi connectivity index (χ3v) is 3.13. The molecule has 1 aromatic carbocycles. The van der Waals surface area contributed by atoms with Gasteiger partial charge in [-0.15, -0.1) is 0 Å². The number of aliphatic hydroxyl groups is 1. The van der Waals surface area contributed by atoms with Crippen LogP contribution in [0.2, 0.25) is 0 Å². The van der Waals surface area contributed by atoms with Crippen molar-refractivity contribution in [2.24, 2.45) is 0 Å². The van der Waals surface area contributed by atoms with E-state index in [9.17, 15) is 23.1 Å². The van der Waals surface area contributed by atoms with E-state index in [1.54, 1.807) is 30.3 Å². The summed E-state index contributed by atoms with van der Waals surface area (Å²) in [6.45, 7) is 0. The van der Waals surface area contributed by atoms with Gasteiger partial charge in [0.15, 0.2) is 0 Å². The maximum Gasteiger partial charge on any atom is 0.454 e. The van der Waals surface area contributed by atoms with Gasteiger partial charge in [0.25, 0.3) is 5.78 Å². The van der Waals surface area contributed by atoms with E-state index < -0.39 is 23.3 Å². The van der Waals surface area contributed by atoms with Crippen LogP contribution < -0.4 is 0 Å². The topological polar surface area (TPSA) is 37.3 Å².